The Morgan fingerprint density at radius 1 is 1.47 bits per heavy atom. The second-order valence-corrected chi connectivity index (χ2v) is 4.32. The van der Waals surface area contributed by atoms with Gasteiger partial charge in [0.25, 0.3) is 0 Å². The number of ketones is 1. The molecule has 1 atom stereocenters. The molecule has 2 rings (SSSR count). The van der Waals surface area contributed by atoms with Crippen LogP contribution in [0.3, 0.4) is 0 Å². The maximum atomic E-state index is 11.5. The number of aryl methyl sites for hydroxylation is 2. The first-order chi connectivity index (χ1) is 7.08. The van der Waals surface area contributed by atoms with E-state index in [2.05, 4.69) is 6.07 Å². The summed E-state index contributed by atoms with van der Waals surface area (Å²) in [6, 6.07) is 4.03. The van der Waals surface area contributed by atoms with Crippen molar-refractivity contribution < 1.29 is 9.53 Å². The average Bonchev–Trinajstić information content (AvgIpc) is 2.17. The van der Waals surface area contributed by atoms with E-state index in [0.29, 0.717) is 0 Å². The molecule has 1 aliphatic heterocycles. The standard InChI is InChI=1S/C13H16O2/c1-8-6-11-5-4-9(2)15-13(11)12(7-8)10(3)14/h6-7,9H,4-5H2,1-3H3. The third-order valence-corrected chi connectivity index (χ3v) is 2.83. The highest BCUT2D eigenvalue weighted by atomic mass is 16.5. The van der Waals surface area contributed by atoms with E-state index in [-0.39, 0.29) is 11.9 Å². The summed E-state index contributed by atoms with van der Waals surface area (Å²) in [4.78, 5) is 11.5. The quantitative estimate of drug-likeness (QED) is 0.657. The molecular weight excluding hydrogens is 188 g/mol. The number of hydrogen-bond donors (Lipinski definition) is 0. The van der Waals surface area contributed by atoms with Gasteiger partial charge in [-0.05, 0) is 50.8 Å². The normalized spacial score (nSPS) is 19.3. The fraction of sp³-hybridized carbons (Fsp3) is 0.462. The van der Waals surface area contributed by atoms with Crippen LogP contribution in [-0.2, 0) is 6.42 Å². The molecular formula is C13H16O2. The molecule has 0 spiro atoms. The van der Waals surface area contributed by atoms with Crippen molar-refractivity contribution in [2.24, 2.45) is 0 Å². The molecule has 1 unspecified atom stereocenters. The molecule has 0 saturated heterocycles. The zero-order chi connectivity index (χ0) is 11.0. The number of rotatable bonds is 1. The van der Waals surface area contributed by atoms with Gasteiger partial charge in [-0.3, -0.25) is 4.79 Å². The van der Waals surface area contributed by atoms with E-state index in [1.54, 1.807) is 6.92 Å². The highest BCUT2D eigenvalue weighted by molar-refractivity contribution is 5.97. The predicted molar refractivity (Wildman–Crippen MR) is 59.6 cm³/mol. The molecule has 0 fully saturated rings. The third kappa shape index (κ3) is 1.89. The Morgan fingerprint density at radius 3 is 2.87 bits per heavy atom. The number of carbonyl (C=O) groups is 1. The van der Waals surface area contributed by atoms with Crippen molar-refractivity contribution in [2.45, 2.75) is 39.7 Å². The van der Waals surface area contributed by atoms with E-state index in [9.17, 15) is 4.79 Å². The Bertz CT molecular complexity index is 407. The minimum atomic E-state index is 0.0871. The number of fused-ring (bicyclic) bond motifs is 1. The van der Waals surface area contributed by atoms with Crippen molar-refractivity contribution in [1.82, 2.24) is 0 Å². The fourth-order valence-corrected chi connectivity index (χ4v) is 2.05. The van der Waals surface area contributed by atoms with Gasteiger partial charge in [-0.1, -0.05) is 6.07 Å². The van der Waals surface area contributed by atoms with Crippen LogP contribution in [0.4, 0.5) is 0 Å². The third-order valence-electron chi connectivity index (χ3n) is 2.83. The van der Waals surface area contributed by atoms with Gasteiger partial charge in [-0.2, -0.15) is 0 Å². The Morgan fingerprint density at radius 2 is 2.20 bits per heavy atom. The van der Waals surface area contributed by atoms with Gasteiger partial charge < -0.3 is 4.74 Å². The summed E-state index contributed by atoms with van der Waals surface area (Å²) in [5.41, 5.74) is 3.05. The van der Waals surface area contributed by atoms with Gasteiger partial charge in [0, 0.05) is 0 Å². The van der Waals surface area contributed by atoms with Crippen LogP contribution >= 0.6 is 0 Å². The molecule has 0 aliphatic carbocycles. The van der Waals surface area contributed by atoms with E-state index in [0.717, 1.165) is 29.7 Å². The number of Topliss-reactive ketones (excluding diaryl/α,β-unsaturated/α-hetero) is 1. The number of hydrogen-bond acceptors (Lipinski definition) is 2. The van der Waals surface area contributed by atoms with Crippen molar-refractivity contribution in [2.75, 3.05) is 0 Å². The lowest BCUT2D eigenvalue weighted by atomic mass is 9.96. The molecule has 2 heteroatoms. The van der Waals surface area contributed by atoms with E-state index < -0.39 is 0 Å². The molecule has 1 aromatic carbocycles. The van der Waals surface area contributed by atoms with Crippen LogP contribution in [0.15, 0.2) is 12.1 Å². The minimum absolute atomic E-state index is 0.0871. The molecule has 1 aliphatic rings. The first kappa shape index (κ1) is 10.2. The molecule has 0 bridgehead atoms. The van der Waals surface area contributed by atoms with E-state index in [4.69, 9.17) is 4.74 Å². The van der Waals surface area contributed by atoms with Gasteiger partial charge in [-0.15, -0.1) is 0 Å². The molecule has 0 N–H and O–H groups in total. The van der Waals surface area contributed by atoms with Crippen LogP contribution in [0.5, 0.6) is 5.75 Å². The highest BCUT2D eigenvalue weighted by Gasteiger charge is 2.21. The number of ether oxygens (including phenoxy) is 1. The van der Waals surface area contributed by atoms with E-state index in [1.165, 1.54) is 5.56 Å². The van der Waals surface area contributed by atoms with Crippen molar-refractivity contribution >= 4 is 5.78 Å². The summed E-state index contributed by atoms with van der Waals surface area (Å²) in [6.45, 7) is 5.66. The number of benzene rings is 1. The molecule has 80 valence electrons. The SMILES string of the molecule is CC(=O)c1cc(C)cc2c1OC(C)CC2. The van der Waals surface area contributed by atoms with Crippen molar-refractivity contribution in [3.8, 4) is 5.75 Å². The number of carbonyl (C=O) groups excluding carboxylic acids is 1. The van der Waals surface area contributed by atoms with Gasteiger partial charge in [0.1, 0.15) is 5.75 Å². The fourth-order valence-electron chi connectivity index (χ4n) is 2.05. The van der Waals surface area contributed by atoms with Crippen LogP contribution in [0.25, 0.3) is 0 Å². The average molecular weight is 204 g/mol. The van der Waals surface area contributed by atoms with Gasteiger partial charge in [-0.25, -0.2) is 0 Å². The molecule has 15 heavy (non-hydrogen) atoms. The van der Waals surface area contributed by atoms with Gasteiger partial charge in [0.05, 0.1) is 11.7 Å². The first-order valence-corrected chi connectivity index (χ1v) is 5.39. The van der Waals surface area contributed by atoms with Crippen LogP contribution < -0.4 is 4.74 Å². The Hall–Kier alpha value is -1.31. The summed E-state index contributed by atoms with van der Waals surface area (Å²) >= 11 is 0. The molecule has 1 heterocycles. The summed E-state index contributed by atoms with van der Waals surface area (Å²) < 4.78 is 5.76. The summed E-state index contributed by atoms with van der Waals surface area (Å²) in [6.07, 6.45) is 2.27. The van der Waals surface area contributed by atoms with E-state index >= 15 is 0 Å². The van der Waals surface area contributed by atoms with Gasteiger partial charge >= 0.3 is 0 Å². The predicted octanol–water partition coefficient (Wildman–Crippen LogP) is 2.91. The molecule has 0 aromatic heterocycles. The summed E-state index contributed by atoms with van der Waals surface area (Å²) in [5, 5.41) is 0. The highest BCUT2D eigenvalue weighted by Crippen LogP contribution is 2.32. The van der Waals surface area contributed by atoms with Crippen molar-refractivity contribution in [3.05, 3.63) is 28.8 Å². The molecule has 0 saturated carbocycles. The molecule has 1 aromatic rings. The lowest BCUT2D eigenvalue weighted by molar-refractivity contribution is 0.100. The molecule has 0 amide bonds. The molecule has 0 radical (unpaired) electrons. The maximum absolute atomic E-state index is 11.5. The van der Waals surface area contributed by atoms with Gasteiger partial charge in [0.15, 0.2) is 5.78 Å². The van der Waals surface area contributed by atoms with Crippen molar-refractivity contribution in [3.63, 3.8) is 0 Å². The lowest BCUT2D eigenvalue weighted by Gasteiger charge is -2.25. The maximum Gasteiger partial charge on any atom is 0.163 e. The monoisotopic (exact) mass is 204 g/mol. The Labute approximate surface area is 90.3 Å². The second-order valence-electron chi connectivity index (χ2n) is 4.32. The zero-order valence-electron chi connectivity index (χ0n) is 9.46. The van der Waals surface area contributed by atoms with Crippen LogP contribution in [-0.4, -0.2) is 11.9 Å². The topological polar surface area (TPSA) is 26.3 Å². The van der Waals surface area contributed by atoms with E-state index in [1.807, 2.05) is 19.9 Å². The summed E-state index contributed by atoms with van der Waals surface area (Å²) in [5.74, 6) is 0.899. The smallest absolute Gasteiger partial charge is 0.163 e. The van der Waals surface area contributed by atoms with Gasteiger partial charge in [0.2, 0.25) is 0 Å². The van der Waals surface area contributed by atoms with Crippen LogP contribution in [0.2, 0.25) is 0 Å². The van der Waals surface area contributed by atoms with Crippen LogP contribution in [0, 0.1) is 6.92 Å². The Kier molecular flexibility index (Phi) is 2.51. The molecule has 2 nitrogen and oxygen atoms in total. The first-order valence-electron chi connectivity index (χ1n) is 5.39. The van der Waals surface area contributed by atoms with Crippen LogP contribution in [0.1, 0.15) is 41.8 Å². The summed E-state index contributed by atoms with van der Waals surface area (Å²) in [7, 11) is 0. The second kappa shape index (κ2) is 3.69. The minimum Gasteiger partial charge on any atom is -0.490 e. The Balaban J connectivity index is 2.55. The van der Waals surface area contributed by atoms with Crippen molar-refractivity contribution in [1.29, 1.82) is 0 Å². The zero-order valence-corrected chi connectivity index (χ0v) is 9.46. The largest absolute Gasteiger partial charge is 0.490 e. The lowest BCUT2D eigenvalue weighted by Crippen LogP contribution is -2.21.